The summed E-state index contributed by atoms with van der Waals surface area (Å²) in [6.07, 6.45) is -1.74. The van der Waals surface area contributed by atoms with E-state index in [1.54, 1.807) is 30.3 Å². The highest BCUT2D eigenvalue weighted by Crippen LogP contribution is 2.43. The fraction of sp³-hybridized carbons (Fsp3) is 0.200. The number of nitrogens with one attached hydrogen (secondary N) is 1. The van der Waals surface area contributed by atoms with Crippen LogP contribution in [0.15, 0.2) is 53.7 Å². The molecule has 0 aliphatic carbocycles. The highest BCUT2D eigenvalue weighted by atomic mass is 19.4. The van der Waals surface area contributed by atoms with Crippen LogP contribution in [-0.2, 0) is 9.59 Å². The highest BCUT2D eigenvalue weighted by Gasteiger charge is 2.40. The van der Waals surface area contributed by atoms with Crippen LogP contribution < -0.4 is 14.8 Å². The van der Waals surface area contributed by atoms with E-state index in [4.69, 9.17) is 9.47 Å². The van der Waals surface area contributed by atoms with Gasteiger partial charge in [-0.15, -0.1) is 0 Å². The second-order valence-electron chi connectivity index (χ2n) is 6.50. The predicted octanol–water partition coefficient (Wildman–Crippen LogP) is 3.12. The molecule has 2 aliphatic rings. The Kier molecular flexibility index (Phi) is 4.76. The molecule has 1 aromatic heterocycles. The number of nitrogens with zero attached hydrogens (tertiary/aromatic N) is 2. The SMILES string of the molecule is COc1ccc2c(c1)Oc1cccnc1C2NC(=O)C1C=CC(C(F)(F)F)=NC1=O. The van der Waals surface area contributed by atoms with Crippen molar-refractivity contribution in [2.24, 2.45) is 10.9 Å². The molecule has 2 aliphatic heterocycles. The molecule has 0 saturated heterocycles. The molecule has 0 bridgehead atoms. The van der Waals surface area contributed by atoms with Crippen LogP contribution in [0.5, 0.6) is 17.2 Å². The van der Waals surface area contributed by atoms with Crippen LogP contribution in [-0.4, -0.2) is 35.8 Å². The lowest BCUT2D eigenvalue weighted by Gasteiger charge is -2.29. The number of hydrogen-bond acceptors (Lipinski definition) is 5. The number of rotatable bonds is 3. The van der Waals surface area contributed by atoms with Crippen molar-refractivity contribution in [2.45, 2.75) is 12.2 Å². The number of halogens is 3. The zero-order valence-corrected chi connectivity index (χ0v) is 15.4. The third-order valence-electron chi connectivity index (χ3n) is 4.63. The minimum atomic E-state index is -4.77. The Bertz CT molecular complexity index is 1090. The smallest absolute Gasteiger partial charge is 0.433 e. The Morgan fingerprint density at radius 2 is 2.03 bits per heavy atom. The summed E-state index contributed by atoms with van der Waals surface area (Å²) < 4.78 is 49.2. The lowest BCUT2D eigenvalue weighted by molar-refractivity contribution is -0.132. The lowest BCUT2D eigenvalue weighted by atomic mass is 9.96. The number of hydrogen-bond donors (Lipinski definition) is 1. The number of aliphatic imine (C=N–C) groups is 1. The minimum Gasteiger partial charge on any atom is -0.497 e. The molecule has 1 N–H and O–H groups in total. The molecule has 4 rings (SSSR count). The van der Waals surface area contributed by atoms with Crippen LogP contribution in [0.2, 0.25) is 0 Å². The molecule has 2 aromatic rings. The molecule has 0 fully saturated rings. The molecule has 154 valence electrons. The Labute approximate surface area is 168 Å². The summed E-state index contributed by atoms with van der Waals surface area (Å²) >= 11 is 0. The van der Waals surface area contributed by atoms with Crippen LogP contribution in [0.25, 0.3) is 0 Å². The number of carbonyl (C=O) groups is 2. The molecule has 2 amide bonds. The van der Waals surface area contributed by atoms with Crippen molar-refractivity contribution >= 4 is 17.5 Å². The molecule has 0 radical (unpaired) electrons. The highest BCUT2D eigenvalue weighted by molar-refractivity contribution is 6.14. The van der Waals surface area contributed by atoms with Crippen molar-refractivity contribution in [2.75, 3.05) is 7.11 Å². The van der Waals surface area contributed by atoms with E-state index in [0.717, 1.165) is 6.08 Å². The molecule has 30 heavy (non-hydrogen) atoms. The maximum Gasteiger partial charge on any atom is 0.433 e. The molecular formula is C20H14F3N3O4. The number of ether oxygens (including phenoxy) is 2. The molecule has 3 heterocycles. The topological polar surface area (TPSA) is 89.9 Å². The molecule has 2 unspecified atom stereocenters. The van der Waals surface area contributed by atoms with Gasteiger partial charge in [0.05, 0.1) is 7.11 Å². The van der Waals surface area contributed by atoms with E-state index in [9.17, 15) is 22.8 Å². The molecule has 1 aromatic carbocycles. The zero-order valence-electron chi connectivity index (χ0n) is 15.4. The van der Waals surface area contributed by atoms with Gasteiger partial charge in [-0.05, 0) is 30.3 Å². The average molecular weight is 417 g/mol. The molecule has 10 heteroatoms. The van der Waals surface area contributed by atoms with Gasteiger partial charge in [0.1, 0.15) is 34.9 Å². The molecule has 7 nitrogen and oxygen atoms in total. The van der Waals surface area contributed by atoms with Crippen molar-refractivity contribution in [1.82, 2.24) is 10.3 Å². The van der Waals surface area contributed by atoms with E-state index < -0.39 is 35.7 Å². The second kappa shape index (κ2) is 7.29. The van der Waals surface area contributed by atoms with Crippen molar-refractivity contribution in [3.63, 3.8) is 0 Å². The van der Waals surface area contributed by atoms with Crippen LogP contribution in [0.4, 0.5) is 13.2 Å². The van der Waals surface area contributed by atoms with Gasteiger partial charge in [-0.25, -0.2) is 4.99 Å². The summed E-state index contributed by atoms with van der Waals surface area (Å²) in [4.78, 5) is 32.1. The number of alkyl halides is 3. The van der Waals surface area contributed by atoms with Gasteiger partial charge in [-0.3, -0.25) is 14.6 Å². The Balaban J connectivity index is 1.64. The number of dihydropyridines is 1. The first-order chi connectivity index (χ1) is 14.3. The molecule has 0 spiro atoms. The molecule has 0 saturated carbocycles. The van der Waals surface area contributed by atoms with E-state index in [2.05, 4.69) is 15.3 Å². The fourth-order valence-electron chi connectivity index (χ4n) is 3.17. The monoisotopic (exact) mass is 417 g/mol. The first-order valence-corrected chi connectivity index (χ1v) is 8.77. The Morgan fingerprint density at radius 1 is 1.23 bits per heavy atom. The van der Waals surface area contributed by atoms with Crippen LogP contribution in [0, 0.1) is 5.92 Å². The standard InChI is InChI=1S/C20H14F3N3O4/c1-29-10-4-5-11-14(9-10)30-13-3-2-8-24-17(13)16(11)26-19(28)12-6-7-15(20(21,22)23)25-18(12)27/h2-9,12,16H,1H3,(H,26,28). The van der Waals surface area contributed by atoms with Crippen LogP contribution >= 0.6 is 0 Å². The van der Waals surface area contributed by atoms with E-state index in [-0.39, 0.29) is 0 Å². The third kappa shape index (κ3) is 3.51. The van der Waals surface area contributed by atoms with Gasteiger partial charge in [0.25, 0.3) is 5.91 Å². The number of amides is 2. The minimum absolute atomic E-state index is 0.395. The average Bonchev–Trinajstić information content (AvgIpc) is 2.72. The number of fused-ring (bicyclic) bond motifs is 2. The van der Waals surface area contributed by atoms with Crippen molar-refractivity contribution in [3.05, 3.63) is 59.9 Å². The molecular weight excluding hydrogens is 403 g/mol. The Morgan fingerprint density at radius 3 is 2.73 bits per heavy atom. The summed E-state index contributed by atoms with van der Waals surface area (Å²) in [7, 11) is 1.50. The largest absolute Gasteiger partial charge is 0.497 e. The van der Waals surface area contributed by atoms with Gasteiger partial charge in [-0.2, -0.15) is 13.2 Å². The maximum absolute atomic E-state index is 12.7. The Hall–Kier alpha value is -3.69. The van der Waals surface area contributed by atoms with Crippen molar-refractivity contribution < 1.29 is 32.2 Å². The van der Waals surface area contributed by atoms with Crippen LogP contribution in [0.1, 0.15) is 17.3 Å². The first kappa shape index (κ1) is 19.6. The van der Waals surface area contributed by atoms with Gasteiger partial charge >= 0.3 is 6.18 Å². The normalized spacial score (nSPS) is 19.9. The number of methoxy groups -OCH3 is 1. The van der Waals surface area contributed by atoms with Gasteiger partial charge < -0.3 is 14.8 Å². The summed E-state index contributed by atoms with van der Waals surface area (Å²) in [5.41, 5.74) is -0.385. The summed E-state index contributed by atoms with van der Waals surface area (Å²) in [6, 6.07) is 7.52. The van der Waals surface area contributed by atoms with Crippen molar-refractivity contribution in [3.8, 4) is 17.2 Å². The van der Waals surface area contributed by atoms with E-state index in [0.29, 0.717) is 34.6 Å². The van der Waals surface area contributed by atoms with E-state index in [1.165, 1.54) is 13.3 Å². The molecule has 2 atom stereocenters. The van der Waals surface area contributed by atoms with Crippen molar-refractivity contribution in [1.29, 1.82) is 0 Å². The lowest BCUT2D eigenvalue weighted by Crippen LogP contribution is -2.40. The van der Waals surface area contributed by atoms with E-state index >= 15 is 0 Å². The summed E-state index contributed by atoms with van der Waals surface area (Å²) in [6.45, 7) is 0. The van der Waals surface area contributed by atoms with E-state index in [1.807, 2.05) is 0 Å². The van der Waals surface area contributed by atoms with Gasteiger partial charge in [0.2, 0.25) is 5.91 Å². The fourth-order valence-corrected chi connectivity index (χ4v) is 3.17. The summed E-state index contributed by atoms with van der Waals surface area (Å²) in [5.74, 6) is -2.12. The predicted molar refractivity (Wildman–Crippen MR) is 98.4 cm³/mol. The number of pyridine rings is 1. The second-order valence-corrected chi connectivity index (χ2v) is 6.50. The van der Waals surface area contributed by atoms with Crippen LogP contribution in [0.3, 0.4) is 0 Å². The number of allylic oxidation sites excluding steroid dienone is 1. The number of aromatic nitrogens is 1. The summed E-state index contributed by atoms with van der Waals surface area (Å²) in [5, 5.41) is 2.68. The van der Waals surface area contributed by atoms with Gasteiger partial charge in [-0.1, -0.05) is 6.08 Å². The maximum atomic E-state index is 12.7. The number of carbonyl (C=O) groups excluding carboxylic acids is 2. The quantitative estimate of drug-likeness (QED) is 0.776. The zero-order chi connectivity index (χ0) is 21.5. The van der Waals surface area contributed by atoms with Gasteiger partial charge in [0.15, 0.2) is 5.75 Å². The number of benzene rings is 1. The third-order valence-corrected chi connectivity index (χ3v) is 4.63. The first-order valence-electron chi connectivity index (χ1n) is 8.77. The van der Waals surface area contributed by atoms with Gasteiger partial charge in [0, 0.05) is 17.8 Å².